The van der Waals surface area contributed by atoms with Crippen molar-refractivity contribution in [2.45, 2.75) is 12.5 Å². The highest BCUT2D eigenvalue weighted by atomic mass is 31.2. The minimum Gasteiger partial charge on any atom is -0.494 e. The van der Waals surface area contributed by atoms with Crippen molar-refractivity contribution in [1.29, 1.82) is 0 Å². The molecule has 0 saturated heterocycles. The number of rotatable bonds is 8. The van der Waals surface area contributed by atoms with E-state index in [1.165, 1.54) is 17.1 Å². The number of nitrogens with two attached hydrogens (primary N) is 1. The summed E-state index contributed by atoms with van der Waals surface area (Å²) in [5, 5.41) is 0. The molecule has 0 aromatic carbocycles. The summed E-state index contributed by atoms with van der Waals surface area (Å²) in [5.74, 6) is -0.869. The van der Waals surface area contributed by atoms with Crippen molar-refractivity contribution in [3.05, 3.63) is 28.6 Å². The van der Waals surface area contributed by atoms with Gasteiger partial charge in [-0.1, -0.05) is 0 Å². The molecule has 1 aliphatic rings. The zero-order chi connectivity index (χ0) is 23.0. The van der Waals surface area contributed by atoms with Crippen LogP contribution in [0.15, 0.2) is 23.1 Å². The molecule has 2 aromatic rings. The molecule has 0 bridgehead atoms. The first kappa shape index (κ1) is 23.1. The maximum Gasteiger partial charge on any atom is 0.334 e. The van der Waals surface area contributed by atoms with Crippen LogP contribution in [-0.4, -0.2) is 75.4 Å². The van der Waals surface area contributed by atoms with E-state index in [4.69, 9.17) is 30.0 Å². The molecule has 3 rings (SSSR count). The Labute approximate surface area is 173 Å². The summed E-state index contributed by atoms with van der Waals surface area (Å²) in [6.45, 7) is -0.205. The van der Waals surface area contributed by atoms with Gasteiger partial charge in [0.1, 0.15) is 18.0 Å². The lowest BCUT2D eigenvalue weighted by atomic mass is 10.2. The van der Waals surface area contributed by atoms with E-state index < -0.39 is 45.0 Å². The van der Waals surface area contributed by atoms with E-state index in [1.807, 2.05) is 0 Å². The number of nitrogens with one attached hydrogen (secondary N) is 1. The van der Waals surface area contributed by atoms with E-state index in [0.29, 0.717) is 0 Å². The van der Waals surface area contributed by atoms with E-state index in [2.05, 4.69) is 15.0 Å². The predicted molar refractivity (Wildman–Crippen MR) is 106 cm³/mol. The van der Waals surface area contributed by atoms with Gasteiger partial charge in [-0.2, -0.15) is 4.98 Å². The van der Waals surface area contributed by atoms with Crippen molar-refractivity contribution in [3.8, 4) is 0 Å². The average molecular weight is 478 g/mol. The number of carbonyl (C=O) groups excluding carboxylic acids is 1. The first-order valence-corrected chi connectivity index (χ1v) is 12.4. The molecule has 31 heavy (non-hydrogen) atoms. The highest BCUT2D eigenvalue weighted by Crippen LogP contribution is 2.37. The zero-order valence-corrected chi connectivity index (χ0v) is 17.6. The fourth-order valence-electron chi connectivity index (χ4n) is 3.00. The molecule has 1 amide bonds. The number of ether oxygens (including phenoxy) is 1. The lowest BCUT2D eigenvalue weighted by molar-refractivity contribution is -0.126. The van der Waals surface area contributed by atoms with Crippen molar-refractivity contribution >= 4 is 38.2 Å². The van der Waals surface area contributed by atoms with Gasteiger partial charge in [0.05, 0.1) is 25.6 Å². The standard InChI is InChI=1S/C14H20N6O9P2/c15-14-17-12-11(13(22)18-14)16-7-20(12)8-4-19(10(21)6-31(26,27)28)5-9(8)29-2-1-3-30(23,24)25/h5,7-8H,1-4,6H2,(H2,23,24,25)(H2,26,27,28)(H3,15,17,18,22). The van der Waals surface area contributed by atoms with Crippen LogP contribution in [0.1, 0.15) is 12.5 Å². The number of aromatic nitrogens is 4. The van der Waals surface area contributed by atoms with Gasteiger partial charge >= 0.3 is 15.2 Å². The fraction of sp³-hybridized carbons (Fsp3) is 0.429. The number of hydrogen-bond acceptors (Lipinski definition) is 8. The Morgan fingerprint density at radius 2 is 2.00 bits per heavy atom. The van der Waals surface area contributed by atoms with E-state index in [1.54, 1.807) is 0 Å². The number of hydrogen-bond donors (Lipinski definition) is 6. The molecule has 1 atom stereocenters. The van der Waals surface area contributed by atoms with Gasteiger partial charge in [-0.25, -0.2) is 4.98 Å². The van der Waals surface area contributed by atoms with Crippen LogP contribution >= 0.6 is 15.2 Å². The number of fused-ring (bicyclic) bond motifs is 1. The van der Waals surface area contributed by atoms with E-state index in [0.717, 1.165) is 4.90 Å². The summed E-state index contributed by atoms with van der Waals surface area (Å²) in [4.78, 5) is 71.7. The third kappa shape index (κ3) is 5.79. The van der Waals surface area contributed by atoms with Crippen LogP contribution in [0.5, 0.6) is 0 Å². The summed E-state index contributed by atoms with van der Waals surface area (Å²) in [6, 6.07) is -0.769. The maximum absolute atomic E-state index is 12.3. The van der Waals surface area contributed by atoms with Crippen LogP contribution in [0.3, 0.4) is 0 Å². The summed E-state index contributed by atoms with van der Waals surface area (Å²) in [7, 11) is -8.83. The topological polar surface area (TPSA) is 234 Å². The van der Waals surface area contributed by atoms with Crippen LogP contribution in [-0.2, 0) is 18.7 Å². The molecule has 0 radical (unpaired) electrons. The number of imidazole rings is 1. The summed E-state index contributed by atoms with van der Waals surface area (Å²) >= 11 is 0. The molecule has 170 valence electrons. The summed E-state index contributed by atoms with van der Waals surface area (Å²) in [6.07, 6.45) is 1.11. The Balaban J connectivity index is 1.89. The first-order valence-electron chi connectivity index (χ1n) is 8.79. The minimum absolute atomic E-state index is 0.0142. The molecule has 0 spiro atoms. The molecule has 0 fully saturated rings. The molecular formula is C14H20N6O9P2. The van der Waals surface area contributed by atoms with Crippen LogP contribution < -0.4 is 11.3 Å². The second-order valence-electron chi connectivity index (χ2n) is 6.78. The molecular weight excluding hydrogens is 458 g/mol. The monoisotopic (exact) mass is 478 g/mol. The number of carbonyl (C=O) groups is 1. The van der Waals surface area contributed by atoms with Gasteiger partial charge < -0.3 is 39.5 Å². The molecule has 0 saturated carbocycles. The Morgan fingerprint density at radius 3 is 2.65 bits per heavy atom. The number of anilines is 1. The van der Waals surface area contributed by atoms with Crippen molar-refractivity contribution in [3.63, 3.8) is 0 Å². The molecule has 1 aliphatic heterocycles. The number of nitrogen functional groups attached to an aromatic ring is 1. The Kier molecular flexibility index (Phi) is 6.37. The fourth-order valence-corrected chi connectivity index (χ4v) is 4.07. The van der Waals surface area contributed by atoms with Crippen LogP contribution in [0.4, 0.5) is 5.95 Å². The molecule has 2 aromatic heterocycles. The van der Waals surface area contributed by atoms with Gasteiger partial charge in [-0.05, 0) is 6.42 Å². The molecule has 1 unspecified atom stereocenters. The third-order valence-electron chi connectivity index (χ3n) is 4.29. The highest BCUT2D eigenvalue weighted by Gasteiger charge is 2.34. The lowest BCUT2D eigenvalue weighted by Gasteiger charge is -2.19. The normalized spacial score (nSPS) is 17.2. The molecule has 0 aliphatic carbocycles. The van der Waals surface area contributed by atoms with Crippen LogP contribution in [0.2, 0.25) is 0 Å². The summed E-state index contributed by atoms with van der Waals surface area (Å²) < 4.78 is 29.2. The molecule has 15 nitrogen and oxygen atoms in total. The number of aromatic amines is 1. The molecule has 7 N–H and O–H groups in total. The number of H-pyrrole nitrogens is 1. The van der Waals surface area contributed by atoms with E-state index >= 15 is 0 Å². The maximum atomic E-state index is 12.3. The Morgan fingerprint density at radius 1 is 1.29 bits per heavy atom. The average Bonchev–Trinajstić information content (AvgIpc) is 3.20. The number of amides is 1. The third-order valence-corrected chi connectivity index (χ3v) is 5.87. The van der Waals surface area contributed by atoms with Crippen molar-refractivity contribution in [2.75, 3.05) is 31.2 Å². The van der Waals surface area contributed by atoms with Gasteiger partial charge in [0, 0.05) is 6.20 Å². The Hall–Kier alpha value is -2.54. The predicted octanol–water partition coefficient (Wildman–Crippen LogP) is -1.31. The van der Waals surface area contributed by atoms with Gasteiger partial charge in [-0.3, -0.25) is 23.7 Å². The van der Waals surface area contributed by atoms with Crippen LogP contribution in [0.25, 0.3) is 11.2 Å². The van der Waals surface area contributed by atoms with Crippen molar-refractivity contribution < 1.29 is 38.2 Å². The Bertz CT molecular complexity index is 1180. The van der Waals surface area contributed by atoms with Gasteiger partial charge in [0.15, 0.2) is 11.2 Å². The smallest absolute Gasteiger partial charge is 0.334 e. The van der Waals surface area contributed by atoms with Gasteiger partial charge in [0.25, 0.3) is 5.56 Å². The van der Waals surface area contributed by atoms with Gasteiger partial charge in [0.2, 0.25) is 11.9 Å². The second-order valence-corrected chi connectivity index (χ2v) is 10.2. The molecule has 17 heteroatoms. The second kappa shape index (κ2) is 8.54. The minimum atomic E-state index is -4.61. The number of nitrogens with zero attached hydrogens (tertiary/aromatic N) is 4. The van der Waals surface area contributed by atoms with E-state index in [9.17, 15) is 18.7 Å². The van der Waals surface area contributed by atoms with Gasteiger partial charge in [-0.15, -0.1) is 0 Å². The van der Waals surface area contributed by atoms with Crippen LogP contribution in [0, 0.1) is 0 Å². The SMILES string of the molecule is Nc1nc2c(ncn2C2CN(C(=O)CP(=O)(O)O)C=C2OCCCP(=O)(O)O)c(=O)[nH]1. The van der Waals surface area contributed by atoms with Crippen molar-refractivity contribution in [1.82, 2.24) is 24.4 Å². The quantitative estimate of drug-likeness (QED) is 0.192. The largest absolute Gasteiger partial charge is 0.494 e. The highest BCUT2D eigenvalue weighted by molar-refractivity contribution is 7.52. The zero-order valence-electron chi connectivity index (χ0n) is 15.9. The van der Waals surface area contributed by atoms with Crippen molar-refractivity contribution in [2.24, 2.45) is 0 Å². The first-order chi connectivity index (χ1) is 14.3. The lowest BCUT2D eigenvalue weighted by Crippen LogP contribution is -2.29. The molecule has 3 heterocycles. The van der Waals surface area contributed by atoms with E-state index in [-0.39, 0.29) is 42.4 Å². The summed E-state index contributed by atoms with van der Waals surface area (Å²) in [5.41, 5.74) is 5.09.